The molecule has 136 valence electrons. The number of fused-ring (bicyclic) bond motifs is 5. The number of aromatic nitrogens is 2. The van der Waals surface area contributed by atoms with E-state index in [0.717, 1.165) is 37.9 Å². The molecule has 1 saturated heterocycles. The van der Waals surface area contributed by atoms with Gasteiger partial charge in [0.1, 0.15) is 0 Å². The fraction of sp³-hybridized carbons (Fsp3) is 0.545. The van der Waals surface area contributed by atoms with Crippen molar-refractivity contribution in [3.05, 3.63) is 41.6 Å². The Labute approximate surface area is 155 Å². The van der Waals surface area contributed by atoms with Gasteiger partial charge < -0.3 is 9.64 Å². The highest BCUT2D eigenvalue weighted by molar-refractivity contribution is 5.70. The third kappa shape index (κ3) is 2.05. The molecular formula is C22H27N3O. The Balaban J connectivity index is 1.74. The van der Waals surface area contributed by atoms with E-state index in [4.69, 9.17) is 14.7 Å². The summed E-state index contributed by atoms with van der Waals surface area (Å²) in [5.74, 6) is 1.44. The van der Waals surface area contributed by atoms with Gasteiger partial charge in [0.05, 0.1) is 24.6 Å². The summed E-state index contributed by atoms with van der Waals surface area (Å²) < 4.78 is 5.53. The van der Waals surface area contributed by atoms with Crippen LogP contribution in [0.2, 0.25) is 0 Å². The van der Waals surface area contributed by atoms with Gasteiger partial charge in [-0.1, -0.05) is 51.1 Å². The lowest BCUT2D eigenvalue weighted by atomic mass is 9.70. The highest BCUT2D eigenvalue weighted by Crippen LogP contribution is 2.68. The third-order valence-corrected chi connectivity index (χ3v) is 7.37. The standard InChI is InChI=1S/C22H27N3O/c1-21(2)16-9-10-22(21,3)19-17(16)18(15-7-5-4-6-8-15)23-20(24-19)25-11-13-26-14-12-25/h4-8,16H,9-14H2,1-3H3. The van der Waals surface area contributed by atoms with Crippen LogP contribution in [0, 0.1) is 5.41 Å². The average molecular weight is 349 g/mol. The monoisotopic (exact) mass is 349 g/mol. The Hall–Kier alpha value is -1.94. The van der Waals surface area contributed by atoms with Gasteiger partial charge in [-0.15, -0.1) is 0 Å². The second kappa shape index (κ2) is 5.53. The van der Waals surface area contributed by atoms with Crippen molar-refractivity contribution in [2.75, 3.05) is 31.2 Å². The Kier molecular flexibility index (Phi) is 3.45. The molecule has 5 rings (SSSR count). The van der Waals surface area contributed by atoms with Gasteiger partial charge in [0.15, 0.2) is 0 Å². The highest BCUT2D eigenvalue weighted by atomic mass is 16.5. The van der Waals surface area contributed by atoms with Crippen LogP contribution in [0.4, 0.5) is 5.95 Å². The van der Waals surface area contributed by atoms with Crippen molar-refractivity contribution >= 4 is 5.95 Å². The summed E-state index contributed by atoms with van der Waals surface area (Å²) in [7, 11) is 0. The SMILES string of the molecule is CC12CCC(c3c(-c4ccccc4)nc(N4CCOCC4)nc31)C2(C)C. The van der Waals surface area contributed by atoms with Crippen LogP contribution in [-0.2, 0) is 10.2 Å². The third-order valence-electron chi connectivity index (χ3n) is 7.37. The van der Waals surface area contributed by atoms with Gasteiger partial charge in [-0.3, -0.25) is 0 Å². The molecule has 1 saturated carbocycles. The van der Waals surface area contributed by atoms with Gasteiger partial charge in [0, 0.05) is 29.6 Å². The van der Waals surface area contributed by atoms with Crippen LogP contribution < -0.4 is 4.90 Å². The zero-order valence-corrected chi connectivity index (χ0v) is 16.0. The molecular weight excluding hydrogens is 322 g/mol. The van der Waals surface area contributed by atoms with Gasteiger partial charge in [0.2, 0.25) is 5.95 Å². The van der Waals surface area contributed by atoms with Crippen molar-refractivity contribution in [3.8, 4) is 11.3 Å². The second-order valence-corrected chi connectivity index (χ2v) is 8.74. The van der Waals surface area contributed by atoms with Crippen LogP contribution in [0.1, 0.15) is 50.8 Å². The molecule has 0 spiro atoms. The summed E-state index contributed by atoms with van der Waals surface area (Å²) >= 11 is 0. The van der Waals surface area contributed by atoms with E-state index in [-0.39, 0.29) is 10.8 Å². The first kappa shape index (κ1) is 16.2. The number of rotatable bonds is 2. The van der Waals surface area contributed by atoms with Crippen molar-refractivity contribution in [1.29, 1.82) is 0 Å². The summed E-state index contributed by atoms with van der Waals surface area (Å²) in [6.07, 6.45) is 2.47. The molecule has 4 nitrogen and oxygen atoms in total. The topological polar surface area (TPSA) is 38.2 Å². The van der Waals surface area contributed by atoms with E-state index >= 15 is 0 Å². The number of anilines is 1. The zero-order valence-electron chi connectivity index (χ0n) is 16.0. The van der Waals surface area contributed by atoms with Crippen molar-refractivity contribution in [2.24, 2.45) is 5.41 Å². The first-order valence-electron chi connectivity index (χ1n) is 9.83. The largest absolute Gasteiger partial charge is 0.378 e. The molecule has 0 radical (unpaired) electrons. The molecule has 1 aromatic heterocycles. The maximum atomic E-state index is 5.53. The van der Waals surface area contributed by atoms with Crippen LogP contribution in [0.5, 0.6) is 0 Å². The summed E-state index contributed by atoms with van der Waals surface area (Å²) in [4.78, 5) is 12.6. The molecule has 2 heterocycles. The first-order valence-corrected chi connectivity index (χ1v) is 9.83. The zero-order chi connectivity index (χ0) is 17.9. The minimum atomic E-state index is 0.139. The molecule has 1 aromatic carbocycles. The molecule has 1 aliphatic heterocycles. The first-order chi connectivity index (χ1) is 12.5. The van der Waals surface area contributed by atoms with E-state index in [9.17, 15) is 0 Å². The number of hydrogen-bond acceptors (Lipinski definition) is 4. The molecule has 0 amide bonds. The van der Waals surface area contributed by atoms with E-state index in [0.29, 0.717) is 5.92 Å². The van der Waals surface area contributed by atoms with Gasteiger partial charge in [0.25, 0.3) is 0 Å². The lowest BCUT2D eigenvalue weighted by Crippen LogP contribution is -2.38. The van der Waals surface area contributed by atoms with E-state index in [2.05, 4.69) is 56.0 Å². The summed E-state index contributed by atoms with van der Waals surface area (Å²) in [5.41, 5.74) is 5.45. The van der Waals surface area contributed by atoms with Crippen LogP contribution in [0.25, 0.3) is 11.3 Å². The summed E-state index contributed by atoms with van der Waals surface area (Å²) in [6, 6.07) is 10.7. The predicted octanol–water partition coefficient (Wildman–Crippen LogP) is 4.16. The number of benzene rings is 1. The van der Waals surface area contributed by atoms with Gasteiger partial charge in [-0.2, -0.15) is 0 Å². The number of hydrogen-bond donors (Lipinski definition) is 0. The van der Waals surface area contributed by atoms with E-state index in [1.807, 2.05) is 0 Å². The normalized spacial score (nSPS) is 29.0. The molecule has 2 aliphatic carbocycles. The molecule has 26 heavy (non-hydrogen) atoms. The van der Waals surface area contributed by atoms with E-state index in [1.54, 1.807) is 0 Å². The van der Waals surface area contributed by atoms with E-state index < -0.39 is 0 Å². The maximum absolute atomic E-state index is 5.53. The Morgan fingerprint density at radius 3 is 2.50 bits per heavy atom. The highest BCUT2D eigenvalue weighted by Gasteiger charge is 2.61. The molecule has 2 fully saturated rings. The van der Waals surface area contributed by atoms with Crippen LogP contribution >= 0.6 is 0 Å². The smallest absolute Gasteiger partial charge is 0.226 e. The lowest BCUT2D eigenvalue weighted by molar-refractivity contribution is 0.122. The predicted molar refractivity (Wildman–Crippen MR) is 104 cm³/mol. The molecule has 3 aliphatic rings. The second-order valence-electron chi connectivity index (χ2n) is 8.74. The fourth-order valence-corrected chi connectivity index (χ4v) is 5.36. The lowest BCUT2D eigenvalue weighted by Gasteiger charge is -2.35. The average Bonchev–Trinajstić information content (AvgIpc) is 3.01. The molecule has 2 atom stereocenters. The number of ether oxygens (including phenoxy) is 1. The van der Waals surface area contributed by atoms with Gasteiger partial charge in [-0.25, -0.2) is 9.97 Å². The van der Waals surface area contributed by atoms with Crippen molar-refractivity contribution in [3.63, 3.8) is 0 Å². The van der Waals surface area contributed by atoms with Crippen LogP contribution in [0.15, 0.2) is 30.3 Å². The maximum Gasteiger partial charge on any atom is 0.226 e. The minimum absolute atomic E-state index is 0.139. The molecule has 0 N–H and O–H groups in total. The fourth-order valence-electron chi connectivity index (χ4n) is 5.36. The van der Waals surface area contributed by atoms with Gasteiger partial charge in [-0.05, 0) is 24.2 Å². The molecule has 4 heteroatoms. The Morgan fingerprint density at radius 1 is 1.04 bits per heavy atom. The van der Waals surface area contributed by atoms with Crippen LogP contribution in [0.3, 0.4) is 0 Å². The minimum Gasteiger partial charge on any atom is -0.378 e. The summed E-state index contributed by atoms with van der Waals surface area (Å²) in [5, 5.41) is 0. The molecule has 2 bridgehead atoms. The van der Waals surface area contributed by atoms with Crippen molar-refractivity contribution < 1.29 is 4.74 Å². The Bertz CT molecular complexity index is 842. The quantitative estimate of drug-likeness (QED) is 0.816. The summed E-state index contributed by atoms with van der Waals surface area (Å²) in [6.45, 7) is 10.5. The number of morpholine rings is 1. The molecule has 2 unspecified atom stereocenters. The van der Waals surface area contributed by atoms with Gasteiger partial charge >= 0.3 is 0 Å². The van der Waals surface area contributed by atoms with Crippen molar-refractivity contribution in [2.45, 2.75) is 44.9 Å². The van der Waals surface area contributed by atoms with E-state index in [1.165, 1.54) is 29.7 Å². The Morgan fingerprint density at radius 2 is 1.77 bits per heavy atom. The van der Waals surface area contributed by atoms with Crippen LogP contribution in [-0.4, -0.2) is 36.3 Å². The number of nitrogens with zero attached hydrogens (tertiary/aromatic N) is 3. The molecule has 2 aromatic rings. The van der Waals surface area contributed by atoms with Crippen molar-refractivity contribution in [1.82, 2.24) is 9.97 Å².